The van der Waals surface area contributed by atoms with Crippen molar-refractivity contribution in [1.82, 2.24) is 16.0 Å². The maximum absolute atomic E-state index is 12.8. The van der Waals surface area contributed by atoms with Crippen molar-refractivity contribution in [2.75, 3.05) is 18.6 Å². The number of hydrogen-bond donors (Lipinski definition) is 6. The van der Waals surface area contributed by atoms with Gasteiger partial charge in [-0.3, -0.25) is 14.4 Å². The number of carbonyl (C=O) groups is 4. The van der Waals surface area contributed by atoms with E-state index in [1.807, 2.05) is 36.6 Å². The number of hydrogen-bond acceptors (Lipinski definition) is 7. The van der Waals surface area contributed by atoms with E-state index in [1.165, 1.54) is 11.8 Å². The zero-order valence-corrected chi connectivity index (χ0v) is 19.9. The maximum atomic E-state index is 12.8. The Morgan fingerprint density at radius 1 is 0.970 bits per heavy atom. The van der Waals surface area contributed by atoms with Crippen molar-refractivity contribution in [2.45, 2.75) is 50.9 Å². The van der Waals surface area contributed by atoms with Crippen LogP contribution < -0.4 is 21.7 Å². The predicted molar refractivity (Wildman–Crippen MR) is 126 cm³/mol. The van der Waals surface area contributed by atoms with Crippen LogP contribution in [0.15, 0.2) is 30.3 Å². The number of amides is 3. The van der Waals surface area contributed by atoms with E-state index >= 15 is 0 Å². The van der Waals surface area contributed by atoms with E-state index in [0.717, 1.165) is 5.56 Å². The third kappa shape index (κ3) is 9.80. The Labute approximate surface area is 198 Å². The van der Waals surface area contributed by atoms with Crippen molar-refractivity contribution in [2.24, 2.45) is 11.7 Å². The number of rotatable bonds is 14. The molecule has 0 heterocycles. The molecule has 0 bridgehead atoms. The largest absolute Gasteiger partial charge is 0.480 e. The van der Waals surface area contributed by atoms with E-state index < -0.39 is 60.4 Å². The number of aliphatic hydroxyl groups excluding tert-OH is 1. The van der Waals surface area contributed by atoms with Gasteiger partial charge in [0, 0.05) is 0 Å². The summed E-state index contributed by atoms with van der Waals surface area (Å²) >= 11 is 1.47. The van der Waals surface area contributed by atoms with Crippen molar-refractivity contribution < 1.29 is 29.4 Å². The molecule has 0 aliphatic rings. The molecule has 0 saturated heterocycles. The van der Waals surface area contributed by atoms with Gasteiger partial charge in [0.15, 0.2) is 0 Å². The highest BCUT2D eigenvalue weighted by atomic mass is 32.2. The summed E-state index contributed by atoms with van der Waals surface area (Å²) in [5, 5.41) is 26.2. The maximum Gasteiger partial charge on any atom is 0.326 e. The molecule has 0 aromatic heterocycles. The number of carboxylic acid groups (broad SMARTS) is 1. The lowest BCUT2D eigenvalue weighted by atomic mass is 10.0. The number of aliphatic carboxylic acids is 1. The number of thioether (sulfide) groups is 1. The van der Waals surface area contributed by atoms with Crippen molar-refractivity contribution in [3.05, 3.63) is 35.9 Å². The molecule has 1 rings (SSSR count). The SMILES string of the molecule is CSCCC(NC(=O)C(N)Cc1ccccc1)C(=O)NC(CO)C(=O)NC(C(=O)O)C(C)C. The molecule has 1 aromatic carbocycles. The molecule has 7 N–H and O–H groups in total. The Kier molecular flexibility index (Phi) is 12.5. The normalized spacial score (nSPS) is 14.6. The van der Waals surface area contributed by atoms with Crippen molar-refractivity contribution in [3.8, 4) is 0 Å². The first kappa shape index (κ1) is 28.4. The van der Waals surface area contributed by atoms with Crippen LogP contribution in [0.2, 0.25) is 0 Å². The Bertz CT molecular complexity index is 792. The van der Waals surface area contributed by atoms with Gasteiger partial charge in [-0.05, 0) is 36.3 Å². The van der Waals surface area contributed by atoms with Crippen LogP contribution in [0.4, 0.5) is 0 Å². The number of nitrogens with one attached hydrogen (secondary N) is 3. The van der Waals surface area contributed by atoms with Gasteiger partial charge in [0.25, 0.3) is 0 Å². The molecule has 3 amide bonds. The lowest BCUT2D eigenvalue weighted by Gasteiger charge is -2.25. The summed E-state index contributed by atoms with van der Waals surface area (Å²) in [6.07, 6.45) is 2.41. The number of carboxylic acids is 1. The number of aliphatic hydroxyl groups is 1. The quantitative estimate of drug-likeness (QED) is 0.206. The Hall–Kier alpha value is -2.63. The van der Waals surface area contributed by atoms with Gasteiger partial charge >= 0.3 is 5.97 Å². The zero-order valence-electron chi connectivity index (χ0n) is 19.1. The van der Waals surface area contributed by atoms with E-state index in [1.54, 1.807) is 13.8 Å². The fourth-order valence-corrected chi connectivity index (χ4v) is 3.45. The second-order valence-electron chi connectivity index (χ2n) is 7.95. The summed E-state index contributed by atoms with van der Waals surface area (Å²) in [5.74, 6) is -3.09. The third-order valence-electron chi connectivity index (χ3n) is 4.92. The van der Waals surface area contributed by atoms with Crippen LogP contribution in [-0.2, 0) is 25.6 Å². The lowest BCUT2D eigenvalue weighted by molar-refractivity contribution is -0.143. The monoisotopic (exact) mass is 482 g/mol. The molecule has 0 aliphatic carbocycles. The van der Waals surface area contributed by atoms with Gasteiger partial charge in [-0.2, -0.15) is 11.8 Å². The minimum atomic E-state index is -1.37. The molecule has 4 atom stereocenters. The first-order valence-corrected chi connectivity index (χ1v) is 12.0. The van der Waals surface area contributed by atoms with Gasteiger partial charge in [0.2, 0.25) is 17.7 Å². The molecule has 1 aromatic rings. The summed E-state index contributed by atoms with van der Waals surface area (Å²) in [7, 11) is 0. The summed E-state index contributed by atoms with van der Waals surface area (Å²) in [4.78, 5) is 49.2. The number of nitrogens with two attached hydrogens (primary N) is 1. The van der Waals surface area contributed by atoms with Crippen LogP contribution in [0.25, 0.3) is 0 Å². The van der Waals surface area contributed by atoms with Gasteiger partial charge < -0.3 is 31.9 Å². The minimum absolute atomic E-state index is 0.278. The zero-order chi connectivity index (χ0) is 25.0. The Morgan fingerprint density at radius 2 is 1.55 bits per heavy atom. The van der Waals surface area contributed by atoms with Gasteiger partial charge in [-0.15, -0.1) is 0 Å². The molecular weight excluding hydrogens is 448 g/mol. The Morgan fingerprint density at radius 3 is 2.06 bits per heavy atom. The highest BCUT2D eigenvalue weighted by Gasteiger charge is 2.30. The molecule has 0 radical (unpaired) electrons. The molecule has 0 saturated carbocycles. The predicted octanol–water partition coefficient (Wildman–Crippen LogP) is -0.503. The molecule has 0 fully saturated rings. The highest BCUT2D eigenvalue weighted by Crippen LogP contribution is 2.06. The highest BCUT2D eigenvalue weighted by molar-refractivity contribution is 7.98. The first-order valence-electron chi connectivity index (χ1n) is 10.6. The van der Waals surface area contributed by atoms with Crippen molar-refractivity contribution >= 4 is 35.5 Å². The van der Waals surface area contributed by atoms with Crippen LogP contribution in [0.1, 0.15) is 25.8 Å². The molecule has 184 valence electrons. The standard InChI is InChI=1S/C22H34N4O6S/c1-13(2)18(22(31)32)26-21(30)17(12-27)25-20(29)16(9-10-33-3)24-19(28)15(23)11-14-7-5-4-6-8-14/h4-8,13,15-18,27H,9-12,23H2,1-3H3,(H,24,28)(H,25,29)(H,26,30)(H,31,32). The molecule has 0 spiro atoms. The first-order chi connectivity index (χ1) is 15.6. The summed E-state index contributed by atoms with van der Waals surface area (Å²) < 4.78 is 0. The van der Waals surface area contributed by atoms with E-state index in [9.17, 15) is 29.4 Å². The van der Waals surface area contributed by atoms with Crippen LogP contribution >= 0.6 is 11.8 Å². The van der Waals surface area contributed by atoms with Crippen LogP contribution in [-0.4, -0.2) is 76.7 Å². The summed E-state index contributed by atoms with van der Waals surface area (Å²) in [5.41, 5.74) is 6.88. The Balaban J connectivity index is 2.82. The average Bonchev–Trinajstić information content (AvgIpc) is 2.78. The smallest absolute Gasteiger partial charge is 0.326 e. The fourth-order valence-electron chi connectivity index (χ4n) is 2.98. The van der Waals surface area contributed by atoms with Gasteiger partial charge in [0.05, 0.1) is 12.6 Å². The summed E-state index contributed by atoms with van der Waals surface area (Å²) in [6.45, 7) is 2.51. The molecule has 4 unspecified atom stereocenters. The van der Waals surface area contributed by atoms with E-state index in [4.69, 9.17) is 5.73 Å². The van der Waals surface area contributed by atoms with Gasteiger partial charge in [-0.1, -0.05) is 44.2 Å². The van der Waals surface area contributed by atoms with Crippen LogP contribution in [0, 0.1) is 5.92 Å². The van der Waals surface area contributed by atoms with E-state index in [2.05, 4.69) is 16.0 Å². The summed E-state index contributed by atoms with van der Waals surface area (Å²) in [6, 6.07) is 4.81. The van der Waals surface area contributed by atoms with Crippen molar-refractivity contribution in [1.29, 1.82) is 0 Å². The molecule has 0 aliphatic heterocycles. The molecule has 10 nitrogen and oxygen atoms in total. The third-order valence-corrected chi connectivity index (χ3v) is 5.57. The second-order valence-corrected chi connectivity index (χ2v) is 8.94. The van der Waals surface area contributed by atoms with Crippen LogP contribution in [0.5, 0.6) is 0 Å². The van der Waals surface area contributed by atoms with E-state index in [0.29, 0.717) is 5.75 Å². The molecule has 11 heteroatoms. The molecular formula is C22H34N4O6S. The second kappa shape index (κ2) is 14.5. The van der Waals surface area contributed by atoms with Crippen LogP contribution in [0.3, 0.4) is 0 Å². The van der Waals surface area contributed by atoms with Gasteiger partial charge in [0.1, 0.15) is 18.1 Å². The number of carbonyl (C=O) groups excluding carboxylic acids is 3. The van der Waals surface area contributed by atoms with Crippen molar-refractivity contribution in [3.63, 3.8) is 0 Å². The molecule has 33 heavy (non-hydrogen) atoms. The fraction of sp³-hybridized carbons (Fsp3) is 0.545. The number of benzene rings is 1. The lowest BCUT2D eigenvalue weighted by Crippen LogP contribution is -2.58. The topological polar surface area (TPSA) is 171 Å². The van der Waals surface area contributed by atoms with E-state index in [-0.39, 0.29) is 12.8 Å². The van der Waals surface area contributed by atoms with Gasteiger partial charge in [-0.25, -0.2) is 4.79 Å². The minimum Gasteiger partial charge on any atom is -0.480 e. The average molecular weight is 483 g/mol.